The highest BCUT2D eigenvalue weighted by Crippen LogP contribution is 2.24. The molecule has 0 amide bonds. The Bertz CT molecular complexity index is 504. The van der Waals surface area contributed by atoms with E-state index in [1.54, 1.807) is 11.8 Å². The van der Waals surface area contributed by atoms with Crippen LogP contribution in [0.1, 0.15) is 30.6 Å². The fourth-order valence-corrected chi connectivity index (χ4v) is 2.55. The average Bonchev–Trinajstić information content (AvgIpc) is 2.86. The Labute approximate surface area is 119 Å². The topological polar surface area (TPSA) is 29.9 Å². The molecule has 0 bridgehead atoms. The van der Waals surface area contributed by atoms with Crippen LogP contribution in [0.15, 0.2) is 41.4 Å². The Morgan fingerprint density at radius 1 is 1.26 bits per heavy atom. The summed E-state index contributed by atoms with van der Waals surface area (Å²) in [6.45, 7) is 3.18. The second-order valence-corrected chi connectivity index (χ2v) is 5.42. The smallest absolute Gasteiger partial charge is 0.0748 e. The number of nitrogens with zero attached hydrogens (tertiary/aromatic N) is 2. The molecule has 0 saturated heterocycles. The van der Waals surface area contributed by atoms with Gasteiger partial charge in [0, 0.05) is 18.1 Å². The fourth-order valence-electron chi connectivity index (χ4n) is 2.15. The highest BCUT2D eigenvalue weighted by Gasteiger charge is 2.16. The molecule has 2 aromatic rings. The molecule has 1 atom stereocenters. The van der Waals surface area contributed by atoms with Crippen LogP contribution < -0.4 is 5.32 Å². The highest BCUT2D eigenvalue weighted by atomic mass is 32.2. The van der Waals surface area contributed by atoms with E-state index in [9.17, 15) is 0 Å². The maximum Gasteiger partial charge on any atom is 0.0748 e. The van der Waals surface area contributed by atoms with Crippen molar-refractivity contribution < 1.29 is 0 Å². The molecule has 0 spiro atoms. The summed E-state index contributed by atoms with van der Waals surface area (Å²) in [6.07, 6.45) is 5.08. The largest absolute Gasteiger partial charge is 0.305 e. The molecule has 1 heterocycles. The molecule has 0 aliphatic rings. The van der Waals surface area contributed by atoms with Crippen LogP contribution in [-0.2, 0) is 7.05 Å². The van der Waals surface area contributed by atoms with Crippen LogP contribution in [0, 0.1) is 0 Å². The molecular weight excluding hydrogens is 254 g/mol. The monoisotopic (exact) mass is 275 g/mol. The average molecular weight is 275 g/mol. The molecule has 3 nitrogen and oxygen atoms in total. The number of nitrogens with one attached hydrogen (secondary N) is 1. The van der Waals surface area contributed by atoms with Gasteiger partial charge < -0.3 is 5.32 Å². The van der Waals surface area contributed by atoms with Crippen LogP contribution in [0.25, 0.3) is 0 Å². The number of hydrogen-bond donors (Lipinski definition) is 1. The molecule has 102 valence electrons. The van der Waals surface area contributed by atoms with Gasteiger partial charge in [-0.2, -0.15) is 5.10 Å². The summed E-state index contributed by atoms with van der Waals surface area (Å²) in [4.78, 5) is 1.29. The maximum absolute atomic E-state index is 4.28. The summed E-state index contributed by atoms with van der Waals surface area (Å²) in [5, 5.41) is 7.88. The van der Waals surface area contributed by atoms with Crippen molar-refractivity contribution in [1.82, 2.24) is 15.1 Å². The van der Waals surface area contributed by atoms with Crippen LogP contribution in [-0.4, -0.2) is 22.6 Å². The lowest BCUT2D eigenvalue weighted by molar-refractivity contribution is 0.553. The minimum atomic E-state index is 0.211. The normalized spacial score (nSPS) is 12.6. The maximum atomic E-state index is 4.28. The van der Waals surface area contributed by atoms with Gasteiger partial charge in [0.25, 0.3) is 0 Å². The number of aromatic nitrogens is 2. The Morgan fingerprint density at radius 3 is 2.53 bits per heavy atom. The second-order valence-electron chi connectivity index (χ2n) is 4.54. The van der Waals surface area contributed by atoms with E-state index in [1.165, 1.54) is 16.2 Å². The van der Waals surface area contributed by atoms with Crippen molar-refractivity contribution in [3.8, 4) is 0 Å². The molecule has 0 aliphatic carbocycles. The number of aryl methyl sites for hydroxylation is 1. The van der Waals surface area contributed by atoms with Gasteiger partial charge in [0.05, 0.1) is 11.7 Å². The van der Waals surface area contributed by atoms with Crippen LogP contribution in [0.4, 0.5) is 0 Å². The van der Waals surface area contributed by atoms with E-state index in [0.29, 0.717) is 0 Å². The first kappa shape index (κ1) is 14.2. The van der Waals surface area contributed by atoms with E-state index in [0.717, 1.165) is 13.0 Å². The third-order valence-corrected chi connectivity index (χ3v) is 3.95. The van der Waals surface area contributed by atoms with Crippen LogP contribution in [0.2, 0.25) is 0 Å². The van der Waals surface area contributed by atoms with Crippen molar-refractivity contribution >= 4 is 11.8 Å². The molecule has 0 fully saturated rings. The first-order valence-corrected chi connectivity index (χ1v) is 7.84. The standard InChI is InChI=1S/C15H21N3S/c1-4-10-16-15(14-9-11-17-18(14)2)12-5-7-13(19-3)8-6-12/h5-9,11,15-16H,4,10H2,1-3H3. The molecule has 4 heteroatoms. The van der Waals surface area contributed by atoms with Gasteiger partial charge >= 0.3 is 0 Å². The zero-order valence-corrected chi connectivity index (χ0v) is 12.6. The van der Waals surface area contributed by atoms with Crippen molar-refractivity contribution in [3.63, 3.8) is 0 Å². The summed E-state index contributed by atoms with van der Waals surface area (Å²) in [7, 11) is 1.99. The van der Waals surface area contributed by atoms with Crippen LogP contribution in [0.5, 0.6) is 0 Å². The van der Waals surface area contributed by atoms with Gasteiger partial charge in [0.1, 0.15) is 0 Å². The Morgan fingerprint density at radius 2 is 2.00 bits per heavy atom. The van der Waals surface area contributed by atoms with Crippen molar-refractivity contribution in [2.24, 2.45) is 7.05 Å². The lowest BCUT2D eigenvalue weighted by Crippen LogP contribution is -2.25. The summed E-state index contributed by atoms with van der Waals surface area (Å²) in [6, 6.07) is 11.0. The minimum absolute atomic E-state index is 0.211. The third-order valence-electron chi connectivity index (χ3n) is 3.20. The summed E-state index contributed by atoms with van der Waals surface area (Å²) in [5.41, 5.74) is 2.49. The van der Waals surface area contributed by atoms with Crippen molar-refractivity contribution in [2.75, 3.05) is 12.8 Å². The van der Waals surface area contributed by atoms with Gasteiger partial charge in [-0.05, 0) is 43.0 Å². The second kappa shape index (κ2) is 6.78. The number of rotatable bonds is 6. The van der Waals surface area contributed by atoms with Gasteiger partial charge in [-0.3, -0.25) is 4.68 Å². The zero-order valence-electron chi connectivity index (χ0n) is 11.8. The highest BCUT2D eigenvalue weighted by molar-refractivity contribution is 7.98. The number of thioether (sulfide) groups is 1. The van der Waals surface area contributed by atoms with Gasteiger partial charge in [-0.15, -0.1) is 11.8 Å². The molecule has 1 N–H and O–H groups in total. The first-order valence-electron chi connectivity index (χ1n) is 6.61. The van der Waals surface area contributed by atoms with E-state index in [-0.39, 0.29) is 6.04 Å². The summed E-state index contributed by atoms with van der Waals surface area (Å²) >= 11 is 1.77. The summed E-state index contributed by atoms with van der Waals surface area (Å²) in [5.74, 6) is 0. The molecule has 2 rings (SSSR count). The fraction of sp³-hybridized carbons (Fsp3) is 0.400. The molecular formula is C15H21N3S. The molecule has 1 aromatic carbocycles. The molecule has 0 radical (unpaired) electrons. The van der Waals surface area contributed by atoms with Crippen LogP contribution >= 0.6 is 11.8 Å². The SMILES string of the molecule is CCCNC(c1ccc(SC)cc1)c1ccnn1C. The zero-order chi connectivity index (χ0) is 13.7. The van der Waals surface area contributed by atoms with Crippen LogP contribution in [0.3, 0.4) is 0 Å². The Balaban J connectivity index is 2.28. The van der Waals surface area contributed by atoms with Gasteiger partial charge in [0.15, 0.2) is 0 Å². The Kier molecular flexibility index (Phi) is 5.05. The lowest BCUT2D eigenvalue weighted by atomic mass is 10.0. The van der Waals surface area contributed by atoms with E-state index < -0.39 is 0 Å². The Hall–Kier alpha value is -1.26. The lowest BCUT2D eigenvalue weighted by Gasteiger charge is -2.19. The van der Waals surface area contributed by atoms with Gasteiger partial charge in [-0.1, -0.05) is 19.1 Å². The van der Waals surface area contributed by atoms with E-state index >= 15 is 0 Å². The van der Waals surface area contributed by atoms with E-state index in [2.05, 4.69) is 53.9 Å². The van der Waals surface area contributed by atoms with E-state index in [4.69, 9.17) is 0 Å². The van der Waals surface area contributed by atoms with Crippen molar-refractivity contribution in [3.05, 3.63) is 47.8 Å². The summed E-state index contributed by atoms with van der Waals surface area (Å²) < 4.78 is 1.94. The quantitative estimate of drug-likeness (QED) is 0.821. The van der Waals surface area contributed by atoms with Crippen molar-refractivity contribution in [1.29, 1.82) is 0 Å². The first-order chi connectivity index (χ1) is 9.26. The van der Waals surface area contributed by atoms with Gasteiger partial charge in [-0.25, -0.2) is 0 Å². The molecule has 0 saturated carbocycles. The molecule has 19 heavy (non-hydrogen) atoms. The predicted molar refractivity (Wildman–Crippen MR) is 81.6 cm³/mol. The molecule has 1 unspecified atom stereocenters. The predicted octanol–water partition coefficient (Wildman–Crippen LogP) is 3.23. The van der Waals surface area contributed by atoms with E-state index in [1.807, 2.05) is 17.9 Å². The third kappa shape index (κ3) is 3.39. The van der Waals surface area contributed by atoms with Gasteiger partial charge in [0.2, 0.25) is 0 Å². The number of hydrogen-bond acceptors (Lipinski definition) is 3. The molecule has 1 aromatic heterocycles. The van der Waals surface area contributed by atoms with Crippen molar-refractivity contribution in [2.45, 2.75) is 24.3 Å². The number of benzene rings is 1. The minimum Gasteiger partial charge on any atom is -0.305 e. The molecule has 0 aliphatic heterocycles.